The van der Waals surface area contributed by atoms with Crippen LogP contribution in [0.4, 0.5) is 0 Å². The number of amides is 1. The minimum atomic E-state index is -0.538. The monoisotopic (exact) mass is 398 g/mol. The van der Waals surface area contributed by atoms with Gasteiger partial charge in [0.2, 0.25) is 5.91 Å². The Hall–Kier alpha value is -1.65. The second-order valence-electron chi connectivity index (χ2n) is 9.89. The van der Waals surface area contributed by atoms with E-state index in [0.717, 1.165) is 45.2 Å². The molecule has 3 atom stereocenters. The van der Waals surface area contributed by atoms with Crippen LogP contribution in [0.2, 0.25) is 0 Å². The topological polar surface area (TPSA) is 61.4 Å². The number of benzene rings is 1. The average Bonchev–Trinajstić information content (AvgIpc) is 2.70. The Morgan fingerprint density at radius 1 is 1.10 bits per heavy atom. The normalized spacial score (nSPS) is 26.3. The SMILES string of the molecule is CC(C)(C)C(=O)NCCCNCCC[C@@]1(O)C[C@H]2CC[C@@H]1C=C2c1ccccc1. The molecule has 0 saturated heterocycles. The van der Waals surface area contributed by atoms with E-state index >= 15 is 0 Å². The molecule has 0 radical (unpaired) electrons. The Morgan fingerprint density at radius 3 is 2.48 bits per heavy atom. The quantitative estimate of drug-likeness (QED) is 0.548. The van der Waals surface area contributed by atoms with Gasteiger partial charge in [0.05, 0.1) is 5.60 Å². The first-order valence-electron chi connectivity index (χ1n) is 11.3. The van der Waals surface area contributed by atoms with Crippen LogP contribution in [0.1, 0.15) is 64.9 Å². The van der Waals surface area contributed by atoms with E-state index in [1.54, 1.807) is 0 Å². The molecule has 1 saturated carbocycles. The molecule has 0 heterocycles. The van der Waals surface area contributed by atoms with E-state index in [9.17, 15) is 9.90 Å². The third-order valence-electron chi connectivity index (χ3n) is 6.50. The van der Waals surface area contributed by atoms with Crippen molar-refractivity contribution in [3.8, 4) is 0 Å². The van der Waals surface area contributed by atoms with E-state index in [1.807, 2.05) is 20.8 Å². The molecular weight excluding hydrogens is 360 g/mol. The first-order valence-corrected chi connectivity index (χ1v) is 11.3. The van der Waals surface area contributed by atoms with Gasteiger partial charge in [-0.05, 0) is 68.7 Å². The first-order chi connectivity index (χ1) is 13.8. The predicted molar refractivity (Wildman–Crippen MR) is 119 cm³/mol. The number of nitrogens with one attached hydrogen (secondary N) is 2. The van der Waals surface area contributed by atoms with Gasteiger partial charge in [0.25, 0.3) is 0 Å². The van der Waals surface area contributed by atoms with Crippen LogP contribution < -0.4 is 10.6 Å². The van der Waals surface area contributed by atoms with E-state index in [0.29, 0.717) is 12.5 Å². The Bertz CT molecular complexity index is 707. The van der Waals surface area contributed by atoms with Gasteiger partial charge >= 0.3 is 0 Å². The number of fused-ring (bicyclic) bond motifs is 2. The molecule has 4 nitrogen and oxygen atoms in total. The van der Waals surface area contributed by atoms with Gasteiger partial charge in [-0.3, -0.25) is 4.79 Å². The third kappa shape index (κ3) is 5.70. The molecule has 160 valence electrons. The van der Waals surface area contributed by atoms with Crippen LogP contribution >= 0.6 is 0 Å². The van der Waals surface area contributed by atoms with Crippen molar-refractivity contribution in [2.75, 3.05) is 19.6 Å². The van der Waals surface area contributed by atoms with Crippen molar-refractivity contribution < 1.29 is 9.90 Å². The Labute approximate surface area is 176 Å². The molecule has 4 rings (SSSR count). The molecular formula is C25H38N2O2. The first kappa shape index (κ1) is 22.0. The lowest BCUT2D eigenvalue weighted by molar-refractivity contribution is -0.128. The van der Waals surface area contributed by atoms with Gasteiger partial charge in [-0.1, -0.05) is 57.2 Å². The third-order valence-corrected chi connectivity index (χ3v) is 6.50. The second kappa shape index (κ2) is 9.44. The maximum absolute atomic E-state index is 11.8. The van der Waals surface area contributed by atoms with Gasteiger partial charge in [-0.15, -0.1) is 0 Å². The van der Waals surface area contributed by atoms with E-state index in [2.05, 4.69) is 47.0 Å². The summed E-state index contributed by atoms with van der Waals surface area (Å²) in [7, 11) is 0. The highest BCUT2D eigenvalue weighted by Crippen LogP contribution is 2.51. The lowest BCUT2D eigenvalue weighted by Crippen LogP contribution is -2.46. The molecule has 0 aromatic heterocycles. The van der Waals surface area contributed by atoms with Crippen LogP contribution in [-0.4, -0.2) is 36.2 Å². The van der Waals surface area contributed by atoms with Crippen molar-refractivity contribution in [2.24, 2.45) is 17.3 Å². The number of hydrogen-bond acceptors (Lipinski definition) is 3. The fraction of sp³-hybridized carbons (Fsp3) is 0.640. The molecule has 2 bridgehead atoms. The fourth-order valence-electron chi connectivity index (χ4n) is 4.76. The van der Waals surface area contributed by atoms with Gasteiger partial charge in [-0.25, -0.2) is 0 Å². The minimum absolute atomic E-state index is 0.106. The number of hydrogen-bond donors (Lipinski definition) is 3. The number of carbonyl (C=O) groups is 1. The standard InChI is InChI=1S/C25H38N2O2/c1-24(2,3)23(28)27-16-8-15-26-14-7-13-25(29)18-20-11-12-21(25)17-22(20)19-9-5-4-6-10-19/h4-6,9-10,17,20-21,26,29H,7-8,11-16,18H2,1-3H3,(H,27,28)/t20-,21-,25-/m1/s1. The number of allylic oxidation sites excluding steroid dienone is 1. The van der Waals surface area contributed by atoms with Crippen molar-refractivity contribution in [1.82, 2.24) is 10.6 Å². The molecule has 1 aromatic carbocycles. The van der Waals surface area contributed by atoms with Crippen molar-refractivity contribution in [1.29, 1.82) is 0 Å². The molecule has 1 fully saturated rings. The van der Waals surface area contributed by atoms with Gasteiger partial charge in [0.1, 0.15) is 0 Å². The summed E-state index contributed by atoms with van der Waals surface area (Å²) in [5.41, 5.74) is 1.91. The van der Waals surface area contributed by atoms with E-state index in [-0.39, 0.29) is 17.2 Å². The molecule has 4 heteroatoms. The fourth-order valence-corrected chi connectivity index (χ4v) is 4.76. The molecule has 0 aliphatic heterocycles. The molecule has 3 N–H and O–H groups in total. The van der Waals surface area contributed by atoms with Gasteiger partial charge in [0, 0.05) is 17.9 Å². The highest BCUT2D eigenvalue weighted by Gasteiger charge is 2.45. The Morgan fingerprint density at radius 2 is 1.83 bits per heavy atom. The molecule has 0 spiro atoms. The van der Waals surface area contributed by atoms with Crippen molar-refractivity contribution >= 4 is 11.5 Å². The summed E-state index contributed by atoms with van der Waals surface area (Å²) in [6.45, 7) is 8.32. The summed E-state index contributed by atoms with van der Waals surface area (Å²) in [5, 5.41) is 17.7. The summed E-state index contributed by atoms with van der Waals surface area (Å²) in [6, 6.07) is 10.7. The number of aliphatic hydroxyl groups is 1. The number of rotatable bonds is 9. The van der Waals surface area contributed by atoms with E-state index in [4.69, 9.17) is 0 Å². The number of carbonyl (C=O) groups excluding carboxylic acids is 1. The van der Waals surface area contributed by atoms with Crippen molar-refractivity contribution in [2.45, 2.75) is 64.9 Å². The van der Waals surface area contributed by atoms with Crippen molar-refractivity contribution in [3.63, 3.8) is 0 Å². The summed E-state index contributed by atoms with van der Waals surface area (Å²) in [6.07, 6.45) is 8.35. The highest BCUT2D eigenvalue weighted by atomic mass is 16.3. The van der Waals surface area contributed by atoms with Gasteiger partial charge < -0.3 is 15.7 Å². The summed E-state index contributed by atoms with van der Waals surface area (Å²) >= 11 is 0. The van der Waals surface area contributed by atoms with E-state index in [1.165, 1.54) is 17.6 Å². The van der Waals surface area contributed by atoms with Crippen molar-refractivity contribution in [3.05, 3.63) is 42.0 Å². The molecule has 3 aliphatic rings. The zero-order chi connectivity index (χ0) is 20.9. The smallest absolute Gasteiger partial charge is 0.225 e. The highest BCUT2D eigenvalue weighted by molar-refractivity contribution is 5.81. The summed E-state index contributed by atoms with van der Waals surface area (Å²) in [4.78, 5) is 11.8. The maximum Gasteiger partial charge on any atom is 0.225 e. The van der Waals surface area contributed by atoms with Crippen LogP contribution in [-0.2, 0) is 4.79 Å². The summed E-state index contributed by atoms with van der Waals surface area (Å²) in [5.74, 6) is 0.886. The summed E-state index contributed by atoms with van der Waals surface area (Å²) < 4.78 is 0. The molecule has 0 unspecified atom stereocenters. The Balaban J connectivity index is 1.37. The zero-order valence-corrected chi connectivity index (χ0v) is 18.3. The zero-order valence-electron chi connectivity index (χ0n) is 18.3. The van der Waals surface area contributed by atoms with E-state index < -0.39 is 5.60 Å². The average molecular weight is 399 g/mol. The van der Waals surface area contributed by atoms with Crippen LogP contribution in [0.15, 0.2) is 36.4 Å². The predicted octanol–water partition coefficient (Wildman–Crippen LogP) is 4.15. The van der Waals surface area contributed by atoms with Gasteiger partial charge in [-0.2, -0.15) is 0 Å². The molecule has 1 amide bonds. The Kier molecular flexibility index (Phi) is 7.18. The molecule has 1 aromatic rings. The molecule has 29 heavy (non-hydrogen) atoms. The van der Waals surface area contributed by atoms with Crippen LogP contribution in [0, 0.1) is 17.3 Å². The van der Waals surface area contributed by atoms with Crippen LogP contribution in [0.3, 0.4) is 0 Å². The lowest BCUT2D eigenvalue weighted by atomic mass is 9.61. The lowest BCUT2D eigenvalue weighted by Gasteiger charge is -2.48. The molecule has 3 aliphatic carbocycles. The second-order valence-corrected chi connectivity index (χ2v) is 9.89. The van der Waals surface area contributed by atoms with Crippen LogP contribution in [0.5, 0.6) is 0 Å². The largest absolute Gasteiger partial charge is 0.389 e. The minimum Gasteiger partial charge on any atom is -0.389 e. The van der Waals surface area contributed by atoms with Gasteiger partial charge in [0.15, 0.2) is 0 Å². The van der Waals surface area contributed by atoms with Crippen LogP contribution in [0.25, 0.3) is 5.57 Å². The maximum atomic E-state index is 11.8.